The van der Waals surface area contributed by atoms with E-state index in [9.17, 15) is 18.0 Å². The lowest BCUT2D eigenvalue weighted by Crippen LogP contribution is -2.56. The van der Waals surface area contributed by atoms with Crippen LogP contribution in [0, 0.1) is 35.0 Å². The Morgan fingerprint density at radius 1 is 1.12 bits per heavy atom. The zero-order valence-electron chi connectivity index (χ0n) is 24.3. The van der Waals surface area contributed by atoms with E-state index in [-0.39, 0.29) is 48.0 Å². The molecule has 0 spiro atoms. The van der Waals surface area contributed by atoms with Gasteiger partial charge in [0.25, 0.3) is 0 Å². The van der Waals surface area contributed by atoms with Crippen molar-refractivity contribution in [1.29, 1.82) is 0 Å². The highest BCUT2D eigenvalue weighted by molar-refractivity contribution is 5.82. The van der Waals surface area contributed by atoms with Gasteiger partial charge in [-0.1, -0.05) is 6.42 Å². The first-order valence-electron chi connectivity index (χ1n) is 15.4. The number of halogens is 3. The van der Waals surface area contributed by atoms with Crippen molar-refractivity contribution in [3.8, 4) is 0 Å². The Morgan fingerprint density at radius 3 is 2.58 bits per heavy atom. The third-order valence-electron chi connectivity index (χ3n) is 11.1. The number of ether oxygens (including phenoxy) is 2. The number of hydrogen-bond acceptors (Lipinski definition) is 7. The number of carbonyl (C=O) groups excluding carboxylic acids is 1. The number of nitrogens with zero attached hydrogens (tertiary/aromatic N) is 3. The highest BCUT2D eigenvalue weighted by Crippen LogP contribution is 2.53. The summed E-state index contributed by atoms with van der Waals surface area (Å²) in [6.45, 7) is 9.24. The largest absolute Gasteiger partial charge is 0.392 e. The van der Waals surface area contributed by atoms with Crippen LogP contribution in [0.15, 0.2) is 0 Å². The third kappa shape index (κ3) is 5.67. The maximum absolute atomic E-state index is 14.5. The van der Waals surface area contributed by atoms with Crippen molar-refractivity contribution >= 4 is 5.91 Å². The predicted octanol–water partition coefficient (Wildman–Crippen LogP) is 3.05. The summed E-state index contributed by atoms with van der Waals surface area (Å²) >= 11 is 0. The van der Waals surface area contributed by atoms with Crippen LogP contribution >= 0.6 is 0 Å². The fourth-order valence-electron chi connectivity index (χ4n) is 8.99. The van der Waals surface area contributed by atoms with Gasteiger partial charge in [0.2, 0.25) is 5.91 Å². The van der Waals surface area contributed by atoms with Crippen LogP contribution in [0.1, 0.15) is 58.8 Å². The van der Waals surface area contributed by atoms with Crippen LogP contribution in [0.2, 0.25) is 0 Å². The molecule has 4 heterocycles. The van der Waals surface area contributed by atoms with E-state index < -0.39 is 23.9 Å². The van der Waals surface area contributed by atoms with Crippen LogP contribution < -0.4 is 10.9 Å². The Kier molecular flexibility index (Phi) is 7.96. The Labute approximate surface area is 236 Å². The third-order valence-corrected chi connectivity index (χ3v) is 11.1. The molecule has 7 unspecified atom stereocenters. The Bertz CT molecular complexity index is 931. The van der Waals surface area contributed by atoms with Crippen LogP contribution in [-0.4, -0.2) is 104 Å². The molecule has 0 aromatic rings. The van der Waals surface area contributed by atoms with Gasteiger partial charge in [0, 0.05) is 43.6 Å². The first kappa shape index (κ1) is 29.1. The van der Waals surface area contributed by atoms with E-state index in [2.05, 4.69) is 27.7 Å². The molecule has 6 rings (SSSR count). The van der Waals surface area contributed by atoms with Crippen molar-refractivity contribution in [2.75, 3.05) is 59.7 Å². The Balaban J connectivity index is 1.14. The van der Waals surface area contributed by atoms with Gasteiger partial charge in [0.1, 0.15) is 0 Å². The second-order valence-corrected chi connectivity index (χ2v) is 14.4. The lowest BCUT2D eigenvalue weighted by molar-refractivity contribution is -0.205. The molecule has 8 nitrogen and oxygen atoms in total. The van der Waals surface area contributed by atoms with Crippen molar-refractivity contribution in [2.45, 2.75) is 82.8 Å². The number of likely N-dealkylation sites (tertiary alicyclic amines) is 1. The van der Waals surface area contributed by atoms with Gasteiger partial charge in [0.05, 0.1) is 44.2 Å². The molecule has 228 valence electrons. The molecule has 2 N–H and O–H groups in total. The molecule has 0 bridgehead atoms. The molecule has 11 heteroatoms. The van der Waals surface area contributed by atoms with Crippen LogP contribution in [0.3, 0.4) is 0 Å². The number of fused-ring (bicyclic) bond motifs is 1. The summed E-state index contributed by atoms with van der Waals surface area (Å²) in [5.74, 6) is -2.25. The minimum absolute atomic E-state index is 0.0165. The Morgan fingerprint density at radius 2 is 1.93 bits per heavy atom. The van der Waals surface area contributed by atoms with Gasteiger partial charge in [-0.2, -0.15) is 13.2 Å². The number of hydrogen-bond donors (Lipinski definition) is 2. The first-order chi connectivity index (χ1) is 18.9. The topological polar surface area (TPSA) is 69.3 Å². The summed E-state index contributed by atoms with van der Waals surface area (Å²) in [4.78, 5) is 20.3. The summed E-state index contributed by atoms with van der Waals surface area (Å²) in [6.07, 6.45) is 1.52. The first-order valence-corrected chi connectivity index (χ1v) is 15.4. The van der Waals surface area contributed by atoms with Crippen LogP contribution in [0.4, 0.5) is 13.2 Å². The molecule has 0 aromatic carbocycles. The van der Waals surface area contributed by atoms with Crippen LogP contribution in [0.5, 0.6) is 0 Å². The summed E-state index contributed by atoms with van der Waals surface area (Å²) in [5, 5.41) is 0. The maximum Gasteiger partial charge on any atom is 0.392 e. The zero-order chi connectivity index (χ0) is 28.3. The summed E-state index contributed by atoms with van der Waals surface area (Å²) in [5.41, 5.74) is 6.36. The average molecular weight is 572 g/mol. The fraction of sp³-hybridized carbons (Fsp3) is 0.966. The minimum atomic E-state index is -4.28. The molecular weight excluding hydrogens is 523 g/mol. The van der Waals surface area contributed by atoms with E-state index in [0.29, 0.717) is 32.0 Å². The second kappa shape index (κ2) is 10.9. The quantitative estimate of drug-likeness (QED) is 0.508. The zero-order valence-corrected chi connectivity index (χ0v) is 24.3. The maximum atomic E-state index is 14.5. The van der Waals surface area contributed by atoms with E-state index in [1.54, 1.807) is 0 Å². The summed E-state index contributed by atoms with van der Waals surface area (Å²) < 4.78 is 54.9. The van der Waals surface area contributed by atoms with Gasteiger partial charge in [-0.25, -0.2) is 10.9 Å². The van der Waals surface area contributed by atoms with Crippen molar-refractivity contribution in [3.05, 3.63) is 0 Å². The van der Waals surface area contributed by atoms with Gasteiger partial charge >= 0.3 is 6.18 Å². The molecule has 4 aliphatic heterocycles. The molecule has 4 saturated heterocycles. The number of nitrogens with one attached hydrogen (secondary N) is 2. The number of carbonyl (C=O) groups is 1. The molecule has 0 aromatic heterocycles. The fourth-order valence-corrected chi connectivity index (χ4v) is 8.99. The highest BCUT2D eigenvalue weighted by Gasteiger charge is 2.58. The number of amides is 1. The second-order valence-electron chi connectivity index (χ2n) is 14.4. The lowest BCUT2D eigenvalue weighted by Gasteiger charge is -2.52. The number of alkyl halides is 3. The predicted molar refractivity (Wildman–Crippen MR) is 144 cm³/mol. The van der Waals surface area contributed by atoms with Gasteiger partial charge in [-0.05, 0) is 77.2 Å². The molecule has 0 radical (unpaired) electrons. The van der Waals surface area contributed by atoms with Gasteiger partial charge in [0.15, 0.2) is 0 Å². The van der Waals surface area contributed by atoms with E-state index in [1.807, 2.05) is 18.7 Å². The van der Waals surface area contributed by atoms with E-state index >= 15 is 0 Å². The highest BCUT2D eigenvalue weighted by atomic mass is 19.4. The monoisotopic (exact) mass is 571 g/mol. The summed E-state index contributed by atoms with van der Waals surface area (Å²) in [6, 6.07) is 0.0362. The normalized spacial score (nSPS) is 40.7. The molecule has 40 heavy (non-hydrogen) atoms. The number of rotatable bonds is 6. The standard InChI is InChI=1S/C29H48F3N5O3/c1-27(2)15-36(7-8-40-27)13-19-9-22-23(24(10-19)29(30,31)32)14-37(26(22)38)21-6-4-5-20(11-21)28(16-39-17-28)12-25-34-33-18-35(25)3/h19-25,33-34H,4-18H2,1-3H3. The van der Waals surface area contributed by atoms with Crippen LogP contribution in [-0.2, 0) is 14.3 Å². The van der Waals surface area contributed by atoms with E-state index in [1.165, 1.54) is 0 Å². The van der Waals surface area contributed by atoms with E-state index in [0.717, 1.165) is 58.5 Å². The van der Waals surface area contributed by atoms with Crippen molar-refractivity contribution < 1.29 is 27.4 Å². The Hall–Kier alpha value is -0.980. The van der Waals surface area contributed by atoms with Gasteiger partial charge < -0.3 is 14.4 Å². The molecule has 1 amide bonds. The molecule has 6 fully saturated rings. The smallest absolute Gasteiger partial charge is 0.380 e. The van der Waals surface area contributed by atoms with Crippen LogP contribution in [0.25, 0.3) is 0 Å². The van der Waals surface area contributed by atoms with Gasteiger partial charge in [-0.15, -0.1) is 0 Å². The molecule has 2 saturated carbocycles. The molecule has 7 atom stereocenters. The molecular formula is C29H48F3N5O3. The van der Waals surface area contributed by atoms with Gasteiger partial charge in [-0.3, -0.25) is 14.6 Å². The number of morpholine rings is 1. The number of hydrazine groups is 1. The van der Waals surface area contributed by atoms with Crippen molar-refractivity contribution in [3.63, 3.8) is 0 Å². The average Bonchev–Trinajstić information content (AvgIpc) is 3.42. The molecule has 2 aliphatic carbocycles. The van der Waals surface area contributed by atoms with E-state index in [4.69, 9.17) is 9.47 Å². The summed E-state index contributed by atoms with van der Waals surface area (Å²) in [7, 11) is 2.10. The minimum Gasteiger partial charge on any atom is -0.380 e. The SMILES string of the molecule is CN1CNNC1CC1(C2CCCC(N3CC4C(CC(CN5CCOC(C)(C)C5)CC4C(F)(F)F)C3=O)C2)COC1. The molecule has 6 aliphatic rings. The van der Waals surface area contributed by atoms with Crippen molar-refractivity contribution in [2.24, 2.45) is 35.0 Å². The van der Waals surface area contributed by atoms with Crippen molar-refractivity contribution in [1.82, 2.24) is 25.6 Å². The lowest BCUT2D eigenvalue weighted by atomic mass is 9.64.